The van der Waals surface area contributed by atoms with Gasteiger partial charge in [-0.05, 0) is 0 Å². The van der Waals surface area contributed by atoms with Crippen molar-refractivity contribution in [2.75, 3.05) is 0 Å². The zero-order chi connectivity index (χ0) is 2.00. The van der Waals surface area contributed by atoms with E-state index in [1.807, 2.05) is 0 Å². The summed E-state index contributed by atoms with van der Waals surface area (Å²) in [5, 5.41) is 0. The zero-order valence-electron chi connectivity index (χ0n) is 2.23. The van der Waals surface area contributed by atoms with Crippen LogP contribution in [-0.2, 0) is 50.4 Å². The first kappa shape index (κ1) is 15.7. The molecule has 0 nitrogen and oxygen atoms in total. The Morgan fingerprint density at radius 3 is 1.25 bits per heavy atom. The second kappa shape index (κ2) is 16.4. The van der Waals surface area contributed by atoms with Crippen molar-refractivity contribution in [1.29, 1.82) is 0 Å². The smallest absolute Gasteiger partial charge is 0 e. The summed E-state index contributed by atoms with van der Waals surface area (Å²) in [6.07, 6.45) is 0. The zero-order valence-corrected chi connectivity index (χ0v) is 15.8. The van der Waals surface area contributed by atoms with Crippen LogP contribution in [0.15, 0.2) is 0 Å². The minimum atomic E-state index is 0. The molecule has 0 fully saturated rings. The first-order valence-electron chi connectivity index (χ1n) is 0.289. The van der Waals surface area contributed by atoms with Crippen LogP contribution < -0.4 is 0 Å². The van der Waals surface area contributed by atoms with Gasteiger partial charge in [-0.1, -0.05) is 0 Å². The molecule has 0 spiro atoms. The summed E-state index contributed by atoms with van der Waals surface area (Å²) in [4.78, 5) is 0. The van der Waals surface area contributed by atoms with Crippen LogP contribution >= 0.6 is 0 Å². The van der Waals surface area contributed by atoms with Crippen LogP contribution in [0.3, 0.4) is 0 Å². The van der Waals surface area contributed by atoms with Gasteiger partial charge < -0.3 is 0 Å². The van der Waals surface area contributed by atoms with Gasteiger partial charge in [0.25, 0.3) is 0 Å². The van der Waals surface area contributed by atoms with Gasteiger partial charge in [-0.2, -0.15) is 0 Å². The molecule has 0 unspecified atom stereocenters. The molecular formula is CdHgSeTe. The summed E-state index contributed by atoms with van der Waals surface area (Å²) >= 11 is 3.72. The maximum Gasteiger partial charge on any atom is 0 e. The molecule has 0 saturated heterocycles. The Morgan fingerprint density at radius 2 is 1.25 bits per heavy atom. The third kappa shape index (κ3) is 8.94. The molecule has 2 radical (unpaired) electrons. The molecule has 0 atom stereocenters. The van der Waals surface area contributed by atoms with E-state index in [1.165, 1.54) is 0 Å². The largest absolute Gasteiger partial charge is 0 e. The summed E-state index contributed by atoms with van der Waals surface area (Å²) in [6.45, 7) is 0. The fourth-order valence-corrected chi connectivity index (χ4v) is 0. The van der Waals surface area contributed by atoms with Gasteiger partial charge in [-0.15, -0.1) is 0 Å². The molecule has 0 amide bonds. The van der Waals surface area contributed by atoms with E-state index < -0.39 is 0 Å². The Labute approximate surface area is 83.4 Å². The molecule has 0 aliphatic rings. The average Bonchev–Trinajstić information content (AvgIpc) is 1.00. The van der Waals surface area contributed by atoms with Crippen molar-refractivity contribution in [3.63, 3.8) is 0 Å². The van der Waals surface area contributed by atoms with Crippen molar-refractivity contribution >= 4 is 35.1 Å². The number of hydrogen-bond acceptors (Lipinski definition) is 0. The maximum absolute atomic E-state index is 2.82. The van der Waals surface area contributed by atoms with Crippen LogP contribution in [0.2, 0.25) is 0 Å². The van der Waals surface area contributed by atoms with Crippen molar-refractivity contribution in [3.05, 3.63) is 0 Å². The molecule has 0 aliphatic carbocycles. The molecule has 0 aromatic rings. The molecule has 0 rings (SSSR count). The topological polar surface area (TPSA) is 0 Å². The van der Waals surface area contributed by atoms with E-state index in [2.05, 4.69) is 11.4 Å². The molecule has 0 saturated carbocycles. The van der Waals surface area contributed by atoms with E-state index in [9.17, 15) is 0 Å². The second-order valence-electron chi connectivity index (χ2n) is 0. The third-order valence-corrected chi connectivity index (χ3v) is 0. The van der Waals surface area contributed by atoms with Crippen molar-refractivity contribution in [2.45, 2.75) is 0 Å². The summed E-state index contributed by atoms with van der Waals surface area (Å²) in [6, 6.07) is 0. The van der Waals surface area contributed by atoms with Gasteiger partial charge in [0.1, 0.15) is 0 Å². The molecule has 0 aliphatic heterocycles. The fraction of sp³-hybridized carbons (Fsp3) is 0. The molecule has 0 aromatic heterocycles. The Kier molecular flexibility index (Phi) is 64.4. The maximum atomic E-state index is 2.82. The Hall–Kier alpha value is 3.17. The van der Waals surface area contributed by atoms with E-state index in [0.29, 0.717) is 0 Å². The molecule has 0 heterocycles. The minimum absolute atomic E-state index is 0. The van der Waals surface area contributed by atoms with Gasteiger partial charge in [0.2, 0.25) is 0 Å². The second-order valence-corrected chi connectivity index (χ2v) is 0. The van der Waals surface area contributed by atoms with E-state index in [0.717, 1.165) is 23.1 Å². The molecule has 16 valence electrons. The van der Waals surface area contributed by atoms with Crippen molar-refractivity contribution in [2.24, 2.45) is 0 Å². The van der Waals surface area contributed by atoms with Crippen LogP contribution in [0.5, 0.6) is 0 Å². The van der Waals surface area contributed by atoms with E-state index in [4.69, 9.17) is 0 Å². The van der Waals surface area contributed by atoms with Crippen LogP contribution in [0.4, 0.5) is 0 Å². The molecular weight excluding hydrogens is 520 g/mol. The van der Waals surface area contributed by atoms with Crippen LogP contribution in [0.1, 0.15) is 0 Å². The van der Waals surface area contributed by atoms with E-state index >= 15 is 0 Å². The van der Waals surface area contributed by atoms with Gasteiger partial charge >= 0.3 is 34.4 Å². The van der Waals surface area contributed by atoms with Gasteiger partial charge in [-0.3, -0.25) is 0 Å². The van der Waals surface area contributed by atoms with Crippen molar-refractivity contribution in [1.82, 2.24) is 0 Å². The standard InChI is InChI=1S/Cd.Hg.Se.Te. The van der Waals surface area contributed by atoms with Gasteiger partial charge in [0, 0.05) is 51.0 Å². The normalized spacial score (nSPS) is 1.50. The monoisotopic (exact) mass is 526 g/mol. The van der Waals surface area contributed by atoms with Crippen molar-refractivity contribution < 1.29 is 50.4 Å². The first-order valence-corrected chi connectivity index (χ1v) is 13.2. The minimum Gasteiger partial charge on any atom is 0 e. The van der Waals surface area contributed by atoms with Gasteiger partial charge in [0.15, 0.2) is 0 Å². The Bertz CT molecular complexity index is 8.00. The number of hydrogen-bond donors (Lipinski definition) is 0. The predicted octanol–water partition coefficient (Wildman–Crippen LogP) is -0.767. The molecule has 0 N–H and O–H groups in total. The summed E-state index contributed by atoms with van der Waals surface area (Å²) < 4.78 is 0. The van der Waals surface area contributed by atoms with E-state index in [1.54, 1.807) is 0 Å². The quantitative estimate of drug-likeness (QED) is 0.369. The molecule has 4 heteroatoms. The first-order chi connectivity index (χ1) is 1.00. The molecule has 0 aromatic carbocycles. The third-order valence-electron chi connectivity index (χ3n) is 0. The number of rotatable bonds is 0. The molecule has 4 heavy (non-hydrogen) atoms. The average molecular weight is 520 g/mol. The SMILES string of the molecule is [Cd].[Se]=[Hg].[Te]. The van der Waals surface area contributed by atoms with Crippen LogP contribution in [0.25, 0.3) is 0 Å². The van der Waals surface area contributed by atoms with Crippen LogP contribution in [-0.4, -0.2) is 35.1 Å². The summed E-state index contributed by atoms with van der Waals surface area (Å²) in [7, 11) is 0. The Balaban J connectivity index is -0.00000000500. The Morgan fingerprint density at radius 1 is 1.25 bits per heavy atom. The summed E-state index contributed by atoms with van der Waals surface area (Å²) in [5.74, 6) is 0. The van der Waals surface area contributed by atoms with Crippen LogP contribution in [0, 0.1) is 0 Å². The van der Waals surface area contributed by atoms with Gasteiger partial charge in [-0.25, -0.2) is 0 Å². The fourth-order valence-electron chi connectivity index (χ4n) is 0. The van der Waals surface area contributed by atoms with Gasteiger partial charge in [0.05, 0.1) is 0 Å². The van der Waals surface area contributed by atoms with Crippen molar-refractivity contribution in [3.8, 4) is 0 Å². The van der Waals surface area contributed by atoms with E-state index in [-0.39, 0.29) is 51.0 Å². The predicted molar refractivity (Wildman–Crippen MR) is 11.5 cm³/mol. The molecule has 0 bridgehead atoms. The summed E-state index contributed by atoms with van der Waals surface area (Å²) in [5.41, 5.74) is 0.